The number of rotatable bonds is 3. The van der Waals surface area contributed by atoms with Gasteiger partial charge in [0.1, 0.15) is 0 Å². The lowest BCUT2D eigenvalue weighted by Gasteiger charge is -2.10. The summed E-state index contributed by atoms with van der Waals surface area (Å²) in [7, 11) is -3.01. The SMILES string of the molecule is Cc1nn([C@H]2CCS(=O)(=O)C2)c(C)c1/C=N\n1c(=S)[nH]c2ccccc2c1=O. The Kier molecular flexibility index (Phi) is 4.54. The molecule has 4 rings (SSSR count). The van der Waals surface area contributed by atoms with E-state index in [0.717, 1.165) is 15.9 Å². The summed E-state index contributed by atoms with van der Waals surface area (Å²) in [6.07, 6.45) is 2.10. The van der Waals surface area contributed by atoms with Gasteiger partial charge in [0.25, 0.3) is 5.56 Å². The first-order chi connectivity index (χ1) is 13.3. The van der Waals surface area contributed by atoms with Crippen molar-refractivity contribution in [3.8, 4) is 0 Å². The second kappa shape index (κ2) is 6.78. The Morgan fingerprint density at radius 3 is 2.79 bits per heavy atom. The largest absolute Gasteiger partial charge is 0.330 e. The Balaban J connectivity index is 1.75. The van der Waals surface area contributed by atoms with E-state index in [1.807, 2.05) is 19.9 Å². The van der Waals surface area contributed by atoms with Crippen molar-refractivity contribution in [2.45, 2.75) is 26.3 Å². The van der Waals surface area contributed by atoms with Crippen LogP contribution < -0.4 is 5.56 Å². The van der Waals surface area contributed by atoms with E-state index in [-0.39, 0.29) is 27.9 Å². The fraction of sp³-hybridized carbons (Fsp3) is 0.333. The number of nitrogens with one attached hydrogen (secondary N) is 1. The van der Waals surface area contributed by atoms with Gasteiger partial charge in [0, 0.05) is 11.3 Å². The lowest BCUT2D eigenvalue weighted by molar-refractivity contribution is 0.486. The molecule has 1 aromatic carbocycles. The van der Waals surface area contributed by atoms with Gasteiger partial charge in [-0.3, -0.25) is 9.48 Å². The molecule has 0 spiro atoms. The van der Waals surface area contributed by atoms with Gasteiger partial charge >= 0.3 is 0 Å². The number of H-pyrrole nitrogens is 1. The molecular weight excluding hydrogens is 398 g/mol. The van der Waals surface area contributed by atoms with Crippen LogP contribution in [0.25, 0.3) is 10.9 Å². The summed E-state index contributed by atoms with van der Waals surface area (Å²) in [6, 6.07) is 6.93. The second-order valence-corrected chi connectivity index (χ2v) is 9.54. The first kappa shape index (κ1) is 18.8. The lowest BCUT2D eigenvalue weighted by Crippen LogP contribution is -2.18. The maximum atomic E-state index is 12.7. The van der Waals surface area contributed by atoms with Crippen molar-refractivity contribution < 1.29 is 8.42 Å². The number of aromatic nitrogens is 4. The number of fused-ring (bicyclic) bond motifs is 1. The molecule has 0 amide bonds. The van der Waals surface area contributed by atoms with Gasteiger partial charge in [0.05, 0.1) is 40.4 Å². The van der Waals surface area contributed by atoms with Gasteiger partial charge in [-0.05, 0) is 44.6 Å². The smallest absolute Gasteiger partial charge is 0.282 e. The Labute approximate surface area is 166 Å². The van der Waals surface area contributed by atoms with E-state index in [1.54, 1.807) is 29.1 Å². The summed E-state index contributed by atoms with van der Waals surface area (Å²) in [5, 5.41) is 9.29. The Hall–Kier alpha value is -2.59. The minimum atomic E-state index is -3.01. The molecule has 1 aliphatic heterocycles. The predicted octanol–water partition coefficient (Wildman–Crippen LogP) is 2.11. The fourth-order valence-corrected chi connectivity index (χ4v) is 5.49. The maximum absolute atomic E-state index is 12.7. The van der Waals surface area contributed by atoms with E-state index in [4.69, 9.17) is 12.2 Å². The monoisotopic (exact) mass is 417 g/mol. The summed E-state index contributed by atoms with van der Waals surface area (Å²) < 4.78 is 26.7. The molecule has 1 fully saturated rings. The summed E-state index contributed by atoms with van der Waals surface area (Å²) in [4.78, 5) is 15.7. The Morgan fingerprint density at radius 2 is 2.07 bits per heavy atom. The standard InChI is InChI=1S/C18H19N5O3S2/c1-11-15(12(2)22(21-11)13-7-8-28(25,26)10-13)9-19-23-17(24)14-5-3-4-6-16(14)20-18(23)27/h3-6,9,13H,7-8,10H2,1-2H3,(H,20,27)/b19-9-/t13-/m0/s1. The highest BCUT2D eigenvalue weighted by Crippen LogP contribution is 2.26. The second-order valence-electron chi connectivity index (χ2n) is 6.92. The number of hydrogen-bond acceptors (Lipinski definition) is 6. The van der Waals surface area contributed by atoms with Gasteiger partial charge in [-0.1, -0.05) is 12.1 Å². The molecule has 10 heteroatoms. The molecule has 0 aliphatic carbocycles. The van der Waals surface area contributed by atoms with Gasteiger partial charge in [0.15, 0.2) is 9.84 Å². The van der Waals surface area contributed by atoms with Crippen LogP contribution in [0.2, 0.25) is 0 Å². The van der Waals surface area contributed by atoms with Crippen LogP contribution in [0.5, 0.6) is 0 Å². The molecule has 1 aliphatic rings. The summed E-state index contributed by atoms with van der Waals surface area (Å²) in [5.41, 5.74) is 2.63. The van der Waals surface area contributed by atoms with Crippen molar-refractivity contribution in [1.29, 1.82) is 0 Å². The first-order valence-electron chi connectivity index (χ1n) is 8.81. The van der Waals surface area contributed by atoms with E-state index >= 15 is 0 Å². The van der Waals surface area contributed by atoms with Crippen molar-refractivity contribution in [3.05, 3.63) is 56.3 Å². The fourth-order valence-electron chi connectivity index (χ4n) is 3.56. The molecule has 2 aromatic heterocycles. The minimum Gasteiger partial charge on any atom is -0.330 e. The van der Waals surface area contributed by atoms with Crippen molar-refractivity contribution >= 4 is 39.2 Å². The summed E-state index contributed by atoms with van der Waals surface area (Å²) in [5.74, 6) is 0.280. The molecule has 28 heavy (non-hydrogen) atoms. The highest BCUT2D eigenvalue weighted by molar-refractivity contribution is 7.91. The van der Waals surface area contributed by atoms with Gasteiger partial charge in [-0.25, -0.2) is 8.42 Å². The Morgan fingerprint density at radius 1 is 1.32 bits per heavy atom. The average molecular weight is 418 g/mol. The number of hydrogen-bond donors (Lipinski definition) is 1. The van der Waals surface area contributed by atoms with Crippen molar-refractivity contribution in [1.82, 2.24) is 19.4 Å². The normalized spacial score (nSPS) is 19.0. The third kappa shape index (κ3) is 3.22. The van der Waals surface area contributed by atoms with Crippen LogP contribution in [-0.4, -0.2) is 45.6 Å². The van der Waals surface area contributed by atoms with Crippen molar-refractivity contribution in [2.75, 3.05) is 11.5 Å². The number of sulfone groups is 1. The van der Waals surface area contributed by atoms with Gasteiger partial charge in [0.2, 0.25) is 4.77 Å². The molecule has 3 heterocycles. The van der Waals surface area contributed by atoms with E-state index in [9.17, 15) is 13.2 Å². The molecular formula is C18H19N5O3S2. The number of aromatic amines is 1. The summed E-state index contributed by atoms with van der Waals surface area (Å²) >= 11 is 5.27. The zero-order valence-electron chi connectivity index (χ0n) is 15.4. The first-order valence-corrected chi connectivity index (χ1v) is 11.0. The van der Waals surface area contributed by atoms with E-state index < -0.39 is 9.84 Å². The quantitative estimate of drug-likeness (QED) is 0.519. The molecule has 0 radical (unpaired) electrons. The molecule has 0 saturated carbocycles. The molecule has 3 aromatic rings. The lowest BCUT2D eigenvalue weighted by atomic mass is 10.2. The highest BCUT2D eigenvalue weighted by Gasteiger charge is 2.31. The Bertz CT molecular complexity index is 1330. The van der Waals surface area contributed by atoms with Crippen LogP contribution in [0.3, 0.4) is 0 Å². The summed E-state index contributed by atoms with van der Waals surface area (Å²) in [6.45, 7) is 3.70. The maximum Gasteiger partial charge on any atom is 0.282 e. The van der Waals surface area contributed by atoms with Crippen LogP contribution in [0, 0.1) is 18.6 Å². The topological polar surface area (TPSA) is 102 Å². The van der Waals surface area contributed by atoms with Crippen LogP contribution in [0.15, 0.2) is 34.2 Å². The molecule has 0 bridgehead atoms. The number of nitrogens with zero attached hydrogens (tertiary/aromatic N) is 4. The predicted molar refractivity (Wildman–Crippen MR) is 110 cm³/mol. The molecule has 146 valence electrons. The molecule has 0 unspecified atom stereocenters. The number of aryl methyl sites for hydroxylation is 1. The average Bonchev–Trinajstić information content (AvgIpc) is 3.14. The van der Waals surface area contributed by atoms with Crippen molar-refractivity contribution in [3.63, 3.8) is 0 Å². The molecule has 1 atom stereocenters. The van der Waals surface area contributed by atoms with Gasteiger partial charge < -0.3 is 4.98 Å². The minimum absolute atomic E-state index is 0.0982. The van der Waals surface area contributed by atoms with E-state index in [2.05, 4.69) is 15.2 Å². The van der Waals surface area contributed by atoms with Crippen LogP contribution in [0.4, 0.5) is 0 Å². The molecule has 1 saturated heterocycles. The van der Waals surface area contributed by atoms with Gasteiger partial charge in [-0.2, -0.15) is 14.9 Å². The zero-order valence-corrected chi connectivity index (χ0v) is 17.0. The van der Waals surface area contributed by atoms with Crippen LogP contribution in [0.1, 0.15) is 29.4 Å². The molecule has 8 nitrogen and oxygen atoms in total. The highest BCUT2D eigenvalue weighted by atomic mass is 32.2. The van der Waals surface area contributed by atoms with Crippen molar-refractivity contribution in [2.24, 2.45) is 5.10 Å². The van der Waals surface area contributed by atoms with Crippen LogP contribution >= 0.6 is 12.2 Å². The third-order valence-electron chi connectivity index (χ3n) is 5.02. The van der Waals surface area contributed by atoms with Crippen LogP contribution in [-0.2, 0) is 9.84 Å². The number of para-hydroxylation sites is 1. The van der Waals surface area contributed by atoms with E-state index in [1.165, 1.54) is 0 Å². The molecule has 1 N–H and O–H groups in total. The van der Waals surface area contributed by atoms with Gasteiger partial charge in [-0.15, -0.1) is 0 Å². The third-order valence-corrected chi connectivity index (χ3v) is 7.05. The zero-order chi connectivity index (χ0) is 20.1. The number of benzene rings is 1. The van der Waals surface area contributed by atoms with E-state index in [0.29, 0.717) is 23.0 Å².